The SMILES string of the molecule is Cc1c(NC(=O)c2ccc3c(c2)C(=O)c2ccccc2-3)cccc1C(=O)N1CCCC1. The summed E-state index contributed by atoms with van der Waals surface area (Å²) in [6, 6.07) is 18.1. The summed E-state index contributed by atoms with van der Waals surface area (Å²) in [5.41, 5.74) is 5.34. The molecule has 1 aliphatic carbocycles. The molecule has 31 heavy (non-hydrogen) atoms. The van der Waals surface area contributed by atoms with E-state index in [2.05, 4.69) is 5.32 Å². The molecule has 1 heterocycles. The van der Waals surface area contributed by atoms with Gasteiger partial charge in [0, 0.05) is 41.0 Å². The Morgan fingerprint density at radius 1 is 0.839 bits per heavy atom. The molecular weight excluding hydrogens is 388 g/mol. The van der Waals surface area contributed by atoms with Crippen LogP contribution in [0.5, 0.6) is 0 Å². The first kappa shape index (κ1) is 19.2. The molecule has 5 rings (SSSR count). The van der Waals surface area contributed by atoms with Crippen molar-refractivity contribution < 1.29 is 14.4 Å². The molecular formula is C26H22N2O3. The van der Waals surface area contributed by atoms with E-state index in [1.807, 2.05) is 42.2 Å². The van der Waals surface area contributed by atoms with Gasteiger partial charge in [-0.25, -0.2) is 0 Å². The highest BCUT2D eigenvalue weighted by atomic mass is 16.2. The second-order valence-corrected chi connectivity index (χ2v) is 8.07. The fourth-order valence-electron chi connectivity index (χ4n) is 4.46. The highest BCUT2D eigenvalue weighted by Gasteiger charge is 2.27. The number of amides is 2. The van der Waals surface area contributed by atoms with E-state index < -0.39 is 0 Å². The second-order valence-electron chi connectivity index (χ2n) is 8.07. The molecule has 0 spiro atoms. The molecule has 5 nitrogen and oxygen atoms in total. The zero-order chi connectivity index (χ0) is 21.5. The van der Waals surface area contributed by atoms with Gasteiger partial charge < -0.3 is 10.2 Å². The summed E-state index contributed by atoms with van der Waals surface area (Å²) in [6.07, 6.45) is 2.06. The van der Waals surface area contributed by atoms with Crippen LogP contribution in [-0.2, 0) is 0 Å². The Morgan fingerprint density at radius 3 is 2.32 bits per heavy atom. The van der Waals surface area contributed by atoms with Crippen molar-refractivity contribution in [2.45, 2.75) is 19.8 Å². The molecule has 0 bridgehead atoms. The lowest BCUT2D eigenvalue weighted by molar-refractivity contribution is 0.0791. The fraction of sp³-hybridized carbons (Fsp3) is 0.192. The van der Waals surface area contributed by atoms with Crippen LogP contribution in [0.2, 0.25) is 0 Å². The molecule has 0 atom stereocenters. The van der Waals surface area contributed by atoms with Gasteiger partial charge in [0.05, 0.1) is 0 Å². The van der Waals surface area contributed by atoms with Crippen LogP contribution in [0.25, 0.3) is 11.1 Å². The van der Waals surface area contributed by atoms with E-state index in [9.17, 15) is 14.4 Å². The van der Waals surface area contributed by atoms with Gasteiger partial charge in [-0.05, 0) is 60.7 Å². The first-order valence-electron chi connectivity index (χ1n) is 10.5. The Kier molecular flexibility index (Phi) is 4.66. The Balaban J connectivity index is 1.41. The summed E-state index contributed by atoms with van der Waals surface area (Å²) in [5.74, 6) is -0.359. The molecule has 154 valence electrons. The lowest BCUT2D eigenvalue weighted by Gasteiger charge is -2.18. The van der Waals surface area contributed by atoms with Crippen molar-refractivity contribution >= 4 is 23.3 Å². The second kappa shape index (κ2) is 7.51. The average Bonchev–Trinajstić information content (AvgIpc) is 3.42. The molecule has 0 saturated carbocycles. The van der Waals surface area contributed by atoms with E-state index in [0.29, 0.717) is 27.9 Å². The lowest BCUT2D eigenvalue weighted by atomic mass is 10.0. The molecule has 3 aromatic carbocycles. The number of likely N-dealkylation sites (tertiary alicyclic amines) is 1. The highest BCUT2D eigenvalue weighted by Crippen LogP contribution is 2.36. The van der Waals surface area contributed by atoms with Crippen LogP contribution in [0.15, 0.2) is 60.7 Å². The molecule has 0 radical (unpaired) electrons. The van der Waals surface area contributed by atoms with Crippen molar-refractivity contribution in [2.75, 3.05) is 18.4 Å². The molecule has 1 N–H and O–H groups in total. The number of carbonyl (C=O) groups is 3. The zero-order valence-electron chi connectivity index (χ0n) is 17.3. The molecule has 5 heteroatoms. The van der Waals surface area contributed by atoms with E-state index in [1.54, 1.807) is 30.3 Å². The Bertz CT molecular complexity index is 1240. The molecule has 1 fully saturated rings. The van der Waals surface area contributed by atoms with Crippen LogP contribution >= 0.6 is 0 Å². The minimum atomic E-state index is -0.305. The third-order valence-corrected chi connectivity index (χ3v) is 6.19. The maximum atomic E-state index is 13.0. The van der Waals surface area contributed by atoms with E-state index >= 15 is 0 Å². The minimum absolute atomic E-state index is 0.00647. The Hall–Kier alpha value is -3.73. The van der Waals surface area contributed by atoms with Crippen LogP contribution in [0.1, 0.15) is 55.0 Å². The van der Waals surface area contributed by atoms with Crippen LogP contribution in [-0.4, -0.2) is 35.6 Å². The number of nitrogens with zero attached hydrogens (tertiary/aromatic N) is 1. The van der Waals surface area contributed by atoms with Gasteiger partial charge in [-0.1, -0.05) is 36.4 Å². The van der Waals surface area contributed by atoms with Crippen molar-refractivity contribution in [3.05, 3.63) is 88.5 Å². The van der Waals surface area contributed by atoms with Gasteiger partial charge in [-0.3, -0.25) is 14.4 Å². The number of anilines is 1. The number of benzene rings is 3. The predicted octanol–water partition coefficient (Wildman–Crippen LogP) is 4.69. The number of ketones is 1. The molecule has 0 aromatic heterocycles. The van der Waals surface area contributed by atoms with Gasteiger partial charge in [0.1, 0.15) is 0 Å². The topological polar surface area (TPSA) is 66.5 Å². The number of hydrogen-bond donors (Lipinski definition) is 1. The van der Waals surface area contributed by atoms with Crippen LogP contribution in [0.3, 0.4) is 0 Å². The maximum Gasteiger partial charge on any atom is 0.255 e. The summed E-state index contributed by atoms with van der Waals surface area (Å²) < 4.78 is 0. The van der Waals surface area contributed by atoms with Gasteiger partial charge in [-0.2, -0.15) is 0 Å². The molecule has 1 aliphatic heterocycles. The quantitative estimate of drug-likeness (QED) is 0.533. The van der Waals surface area contributed by atoms with Crippen molar-refractivity contribution in [3.63, 3.8) is 0 Å². The molecule has 2 amide bonds. The van der Waals surface area contributed by atoms with Gasteiger partial charge in [0.25, 0.3) is 11.8 Å². The molecule has 3 aromatic rings. The standard InChI is InChI=1S/C26H22N2O3/c1-16-18(26(31)28-13-4-5-14-28)9-6-10-23(16)27-25(30)17-11-12-20-19-7-2-3-8-21(19)24(29)22(20)15-17/h2-3,6-12,15H,4-5,13-14H2,1H3,(H,27,30). The summed E-state index contributed by atoms with van der Waals surface area (Å²) in [6.45, 7) is 3.41. The van der Waals surface area contributed by atoms with E-state index in [-0.39, 0.29) is 17.6 Å². The summed E-state index contributed by atoms with van der Waals surface area (Å²) >= 11 is 0. The molecule has 0 unspecified atom stereocenters. The normalized spacial score (nSPS) is 14.4. The number of carbonyl (C=O) groups excluding carboxylic acids is 3. The predicted molar refractivity (Wildman–Crippen MR) is 120 cm³/mol. The number of fused-ring (bicyclic) bond motifs is 3. The van der Waals surface area contributed by atoms with Crippen molar-refractivity contribution in [3.8, 4) is 11.1 Å². The van der Waals surface area contributed by atoms with Gasteiger partial charge in [0.2, 0.25) is 0 Å². The minimum Gasteiger partial charge on any atom is -0.339 e. The van der Waals surface area contributed by atoms with Crippen LogP contribution in [0.4, 0.5) is 5.69 Å². The highest BCUT2D eigenvalue weighted by molar-refractivity contribution is 6.22. The average molecular weight is 410 g/mol. The molecule has 1 saturated heterocycles. The third kappa shape index (κ3) is 3.22. The smallest absolute Gasteiger partial charge is 0.255 e. The van der Waals surface area contributed by atoms with E-state index in [4.69, 9.17) is 0 Å². The Morgan fingerprint density at radius 2 is 1.55 bits per heavy atom. The first-order chi connectivity index (χ1) is 15.0. The van der Waals surface area contributed by atoms with Crippen molar-refractivity contribution in [1.29, 1.82) is 0 Å². The number of hydrogen-bond acceptors (Lipinski definition) is 3. The van der Waals surface area contributed by atoms with Gasteiger partial charge >= 0.3 is 0 Å². The fourth-order valence-corrected chi connectivity index (χ4v) is 4.46. The first-order valence-corrected chi connectivity index (χ1v) is 10.5. The van der Waals surface area contributed by atoms with Crippen LogP contribution in [0, 0.1) is 6.92 Å². The summed E-state index contributed by atoms with van der Waals surface area (Å²) in [7, 11) is 0. The van der Waals surface area contributed by atoms with Crippen molar-refractivity contribution in [2.24, 2.45) is 0 Å². The zero-order valence-corrected chi connectivity index (χ0v) is 17.3. The Labute approximate surface area is 180 Å². The van der Waals surface area contributed by atoms with Crippen LogP contribution < -0.4 is 5.32 Å². The van der Waals surface area contributed by atoms with Gasteiger partial charge in [-0.15, -0.1) is 0 Å². The number of rotatable bonds is 3. The van der Waals surface area contributed by atoms with Crippen molar-refractivity contribution in [1.82, 2.24) is 4.90 Å². The molecule has 2 aliphatic rings. The number of nitrogens with one attached hydrogen (secondary N) is 1. The summed E-state index contributed by atoms with van der Waals surface area (Å²) in [5, 5.41) is 2.92. The third-order valence-electron chi connectivity index (χ3n) is 6.19. The summed E-state index contributed by atoms with van der Waals surface area (Å²) in [4.78, 5) is 40.4. The lowest BCUT2D eigenvalue weighted by Crippen LogP contribution is -2.28. The van der Waals surface area contributed by atoms with E-state index in [1.165, 1.54) is 0 Å². The van der Waals surface area contributed by atoms with Gasteiger partial charge in [0.15, 0.2) is 5.78 Å². The van der Waals surface area contributed by atoms with E-state index in [0.717, 1.165) is 42.6 Å². The maximum absolute atomic E-state index is 13.0. The largest absolute Gasteiger partial charge is 0.339 e. The monoisotopic (exact) mass is 410 g/mol.